The molecule has 6 rings (SSSR count). The van der Waals surface area contributed by atoms with Gasteiger partial charge in [0.05, 0.1) is 10.6 Å². The van der Waals surface area contributed by atoms with Crippen LogP contribution in [0.3, 0.4) is 0 Å². The molecule has 42 heavy (non-hydrogen) atoms. The van der Waals surface area contributed by atoms with Crippen LogP contribution < -0.4 is 11.1 Å². The molecule has 1 aliphatic rings. The van der Waals surface area contributed by atoms with E-state index in [1.165, 1.54) is 68.8 Å². The first-order valence-electron chi connectivity index (χ1n) is 13.1. The van der Waals surface area contributed by atoms with Gasteiger partial charge < -0.3 is 11.1 Å². The van der Waals surface area contributed by atoms with Gasteiger partial charge in [0.1, 0.15) is 23.0 Å². The van der Waals surface area contributed by atoms with Crippen molar-refractivity contribution >= 4 is 27.0 Å². The second-order valence-corrected chi connectivity index (χ2v) is 11.4. The standard InChI is InChI=1S/C22H17F3N8O2S.C5H11N/c1-12-30-31-13(2)33(12)18-9-8-15-16(19-17(22(23,24)25)10-27-21(26)29-19)11-32(20(15)28-18)36(34,35)14-6-4-3-5-7-14;1-2-4-6-5-3-1/h3-11H,1-2H3,(H2,26,27,29);6H,1-5H2. The normalized spacial score (nSPS) is 14.0. The van der Waals surface area contributed by atoms with Crippen LogP contribution >= 0.6 is 0 Å². The minimum Gasteiger partial charge on any atom is -0.368 e. The van der Waals surface area contributed by atoms with Gasteiger partial charge in [-0.3, -0.25) is 4.57 Å². The van der Waals surface area contributed by atoms with Crippen molar-refractivity contribution in [3.63, 3.8) is 0 Å². The number of benzene rings is 1. The lowest BCUT2D eigenvalue weighted by Crippen LogP contribution is -2.21. The monoisotopic (exact) mass is 599 g/mol. The highest BCUT2D eigenvalue weighted by Gasteiger charge is 2.37. The highest BCUT2D eigenvalue weighted by Crippen LogP contribution is 2.40. The molecule has 0 atom stereocenters. The van der Waals surface area contributed by atoms with Crippen LogP contribution in [0.5, 0.6) is 0 Å². The van der Waals surface area contributed by atoms with Crippen LogP contribution in [0.15, 0.2) is 59.8 Å². The first-order chi connectivity index (χ1) is 20.0. The van der Waals surface area contributed by atoms with Crippen molar-refractivity contribution in [2.45, 2.75) is 44.2 Å². The summed E-state index contributed by atoms with van der Waals surface area (Å²) in [6.07, 6.45) is 1.03. The van der Waals surface area contributed by atoms with Gasteiger partial charge in [0, 0.05) is 23.3 Å². The number of nitrogens with one attached hydrogen (secondary N) is 1. The van der Waals surface area contributed by atoms with Crippen LogP contribution in [0.4, 0.5) is 19.1 Å². The number of piperidine rings is 1. The Hall–Kier alpha value is -4.37. The molecule has 1 saturated heterocycles. The van der Waals surface area contributed by atoms with Crippen molar-refractivity contribution in [1.29, 1.82) is 0 Å². The maximum Gasteiger partial charge on any atom is 0.419 e. The van der Waals surface area contributed by atoms with Crippen LogP contribution in [0.25, 0.3) is 28.1 Å². The fourth-order valence-corrected chi connectivity index (χ4v) is 6.02. The maximum atomic E-state index is 13.8. The Kier molecular flexibility index (Phi) is 7.97. The Morgan fingerprint density at radius 2 is 1.60 bits per heavy atom. The Balaban J connectivity index is 0.000000524. The smallest absolute Gasteiger partial charge is 0.368 e. The molecule has 5 heterocycles. The average Bonchev–Trinajstić information content (AvgIpc) is 3.53. The zero-order valence-corrected chi connectivity index (χ0v) is 23.6. The summed E-state index contributed by atoms with van der Waals surface area (Å²) in [6.45, 7) is 5.88. The number of alkyl halides is 3. The third-order valence-corrected chi connectivity index (χ3v) is 8.36. The van der Waals surface area contributed by atoms with E-state index < -0.39 is 33.4 Å². The minimum atomic E-state index is -4.82. The molecule has 1 fully saturated rings. The molecule has 220 valence electrons. The van der Waals surface area contributed by atoms with E-state index in [9.17, 15) is 21.6 Å². The van der Waals surface area contributed by atoms with Gasteiger partial charge in [-0.25, -0.2) is 27.3 Å². The highest BCUT2D eigenvalue weighted by molar-refractivity contribution is 7.90. The number of nitrogen functional groups attached to an aromatic ring is 1. The number of aromatic nitrogens is 7. The molecule has 0 saturated carbocycles. The third-order valence-electron chi connectivity index (χ3n) is 6.70. The molecule has 1 aromatic carbocycles. The molecule has 11 nitrogen and oxygen atoms in total. The van der Waals surface area contributed by atoms with Crippen molar-refractivity contribution in [3.8, 4) is 17.1 Å². The van der Waals surface area contributed by atoms with Crippen molar-refractivity contribution in [1.82, 2.24) is 39.0 Å². The number of hydrogen-bond acceptors (Lipinski definition) is 9. The SMILES string of the molecule is C1CCNCC1.Cc1nnc(C)n1-c1ccc2c(-c3nc(N)ncc3C(F)(F)F)cn(S(=O)(=O)c3ccccc3)c2n1. The first kappa shape index (κ1) is 29.1. The van der Waals surface area contributed by atoms with E-state index in [-0.39, 0.29) is 27.3 Å². The summed E-state index contributed by atoms with van der Waals surface area (Å²) in [6, 6.07) is 10.5. The topological polar surface area (TPSA) is 146 Å². The van der Waals surface area contributed by atoms with Crippen molar-refractivity contribution in [2.24, 2.45) is 0 Å². The number of pyridine rings is 1. The van der Waals surface area contributed by atoms with Gasteiger partial charge in [-0.1, -0.05) is 24.6 Å². The Morgan fingerprint density at radius 1 is 0.929 bits per heavy atom. The van der Waals surface area contributed by atoms with Gasteiger partial charge in [-0.15, -0.1) is 10.2 Å². The van der Waals surface area contributed by atoms with E-state index in [0.29, 0.717) is 17.8 Å². The van der Waals surface area contributed by atoms with Crippen LogP contribution in [0.2, 0.25) is 0 Å². The molecule has 0 unspecified atom stereocenters. The fraction of sp³-hybridized carbons (Fsp3) is 0.296. The number of nitrogens with two attached hydrogens (primary N) is 1. The minimum absolute atomic E-state index is 0.0736. The van der Waals surface area contributed by atoms with Gasteiger partial charge >= 0.3 is 6.18 Å². The highest BCUT2D eigenvalue weighted by atomic mass is 32.2. The molecule has 0 aliphatic carbocycles. The van der Waals surface area contributed by atoms with Gasteiger partial charge in [0.2, 0.25) is 5.95 Å². The van der Waals surface area contributed by atoms with Gasteiger partial charge in [-0.05, 0) is 64.0 Å². The molecular weight excluding hydrogens is 571 g/mol. The van der Waals surface area contributed by atoms with Gasteiger partial charge in [0.15, 0.2) is 5.65 Å². The summed E-state index contributed by atoms with van der Waals surface area (Å²) in [4.78, 5) is 11.7. The summed E-state index contributed by atoms with van der Waals surface area (Å²) in [5, 5.41) is 11.4. The third kappa shape index (κ3) is 5.69. The molecule has 0 amide bonds. The Bertz CT molecular complexity index is 1800. The summed E-state index contributed by atoms with van der Waals surface area (Å²) in [5.41, 5.74) is 3.65. The van der Waals surface area contributed by atoms with E-state index >= 15 is 0 Å². The van der Waals surface area contributed by atoms with Crippen molar-refractivity contribution in [3.05, 3.63) is 72.1 Å². The molecular formula is C27H28F3N9O2S. The largest absolute Gasteiger partial charge is 0.419 e. The van der Waals surface area contributed by atoms with Crippen molar-refractivity contribution < 1.29 is 21.6 Å². The Morgan fingerprint density at radius 3 is 2.17 bits per heavy atom. The number of hydrogen-bond donors (Lipinski definition) is 2. The van der Waals surface area contributed by atoms with E-state index in [1.54, 1.807) is 24.5 Å². The summed E-state index contributed by atoms with van der Waals surface area (Å²) in [7, 11) is -4.26. The summed E-state index contributed by atoms with van der Waals surface area (Å²) >= 11 is 0. The van der Waals surface area contributed by atoms with Crippen molar-refractivity contribution in [2.75, 3.05) is 18.8 Å². The zero-order chi connectivity index (χ0) is 30.1. The van der Waals surface area contributed by atoms with Gasteiger partial charge in [-0.2, -0.15) is 13.2 Å². The predicted molar refractivity (Wildman–Crippen MR) is 150 cm³/mol. The molecule has 0 bridgehead atoms. The predicted octanol–water partition coefficient (Wildman–Crippen LogP) is 4.29. The van der Waals surface area contributed by atoms with E-state index in [1.807, 2.05) is 0 Å². The molecule has 15 heteroatoms. The van der Waals surface area contributed by atoms with Gasteiger partial charge in [0.25, 0.3) is 10.0 Å². The van der Waals surface area contributed by atoms with Crippen LogP contribution in [-0.4, -0.2) is 55.2 Å². The lowest BCUT2D eigenvalue weighted by atomic mass is 10.1. The Labute approximate surface area is 239 Å². The molecule has 0 spiro atoms. The first-order valence-corrected chi connectivity index (χ1v) is 14.5. The number of fused-ring (bicyclic) bond motifs is 1. The number of nitrogens with zero attached hydrogens (tertiary/aromatic N) is 7. The number of rotatable bonds is 4. The molecule has 3 N–H and O–H groups in total. The molecule has 4 aromatic heterocycles. The average molecular weight is 600 g/mol. The summed E-state index contributed by atoms with van der Waals surface area (Å²) < 4.78 is 71.1. The van der Waals surface area contributed by atoms with Crippen LogP contribution in [-0.2, 0) is 16.2 Å². The van der Waals surface area contributed by atoms with E-state index in [4.69, 9.17) is 5.73 Å². The number of halogens is 3. The molecule has 5 aromatic rings. The zero-order valence-electron chi connectivity index (χ0n) is 22.8. The van der Waals surface area contributed by atoms with Crippen LogP contribution in [0.1, 0.15) is 36.5 Å². The number of aryl methyl sites for hydroxylation is 2. The molecule has 0 radical (unpaired) electrons. The number of anilines is 1. The summed E-state index contributed by atoms with van der Waals surface area (Å²) in [5.74, 6) is 0.873. The quantitative estimate of drug-likeness (QED) is 0.309. The van der Waals surface area contributed by atoms with E-state index in [2.05, 4.69) is 30.5 Å². The molecule has 1 aliphatic heterocycles. The maximum absolute atomic E-state index is 13.8. The second kappa shape index (κ2) is 11.5. The second-order valence-electron chi connectivity index (χ2n) is 9.63. The van der Waals surface area contributed by atoms with E-state index in [0.717, 1.165) is 10.2 Å². The fourth-order valence-electron chi connectivity index (χ4n) is 4.68. The van der Waals surface area contributed by atoms with Crippen LogP contribution in [0, 0.1) is 13.8 Å². The lowest BCUT2D eigenvalue weighted by molar-refractivity contribution is -0.137. The lowest BCUT2D eigenvalue weighted by Gasteiger charge is -2.11.